The molecule has 0 aliphatic rings. The lowest BCUT2D eigenvalue weighted by molar-refractivity contribution is 0.653. The van der Waals surface area contributed by atoms with Gasteiger partial charge in [0, 0.05) is 5.41 Å². The van der Waals surface area contributed by atoms with E-state index in [0.717, 1.165) is 6.42 Å². The number of hydrogen-bond acceptors (Lipinski definition) is 0. The normalized spacial score (nSPS) is 11.8. The SMILES string of the molecule is C#CC(C)(C)/C=C\CC. The van der Waals surface area contributed by atoms with Gasteiger partial charge in [-0.1, -0.05) is 25.0 Å². The van der Waals surface area contributed by atoms with Crippen LogP contribution in [0.15, 0.2) is 12.2 Å². The Morgan fingerprint density at radius 1 is 1.56 bits per heavy atom. The molecule has 0 heterocycles. The average Bonchev–Trinajstić information content (AvgIpc) is 1.84. The van der Waals surface area contributed by atoms with Crippen molar-refractivity contribution in [2.75, 3.05) is 0 Å². The first-order valence-electron chi connectivity index (χ1n) is 3.28. The summed E-state index contributed by atoms with van der Waals surface area (Å²) in [7, 11) is 0. The second kappa shape index (κ2) is 3.35. The predicted octanol–water partition coefficient (Wildman–Crippen LogP) is 2.61. The van der Waals surface area contributed by atoms with Crippen LogP contribution < -0.4 is 0 Å². The van der Waals surface area contributed by atoms with Crippen molar-refractivity contribution in [3.05, 3.63) is 12.2 Å². The van der Waals surface area contributed by atoms with E-state index in [4.69, 9.17) is 6.42 Å². The van der Waals surface area contributed by atoms with Crippen molar-refractivity contribution in [2.24, 2.45) is 5.41 Å². The molecule has 0 atom stereocenters. The smallest absolute Gasteiger partial charge is 0.0434 e. The van der Waals surface area contributed by atoms with Crippen LogP contribution in [0.4, 0.5) is 0 Å². The average molecular weight is 122 g/mol. The molecule has 0 spiro atoms. The van der Waals surface area contributed by atoms with E-state index in [1.807, 2.05) is 13.8 Å². The lowest BCUT2D eigenvalue weighted by atomic mass is 9.94. The van der Waals surface area contributed by atoms with Crippen LogP contribution in [-0.4, -0.2) is 0 Å². The maximum absolute atomic E-state index is 5.25. The molecule has 0 amide bonds. The molecule has 0 aliphatic heterocycles. The third kappa shape index (κ3) is 3.85. The number of terminal acetylenes is 1. The molecule has 9 heavy (non-hydrogen) atoms. The molecule has 0 aromatic heterocycles. The lowest BCUT2D eigenvalue weighted by Crippen LogP contribution is -2.01. The maximum Gasteiger partial charge on any atom is 0.0434 e. The first kappa shape index (κ1) is 8.30. The van der Waals surface area contributed by atoms with Gasteiger partial charge in [0.2, 0.25) is 0 Å². The molecule has 0 radical (unpaired) electrons. The van der Waals surface area contributed by atoms with Crippen molar-refractivity contribution in [2.45, 2.75) is 27.2 Å². The van der Waals surface area contributed by atoms with Crippen LogP contribution in [0, 0.1) is 17.8 Å². The van der Waals surface area contributed by atoms with E-state index in [0.29, 0.717) is 0 Å². The molecular formula is C9H14. The van der Waals surface area contributed by atoms with Crippen molar-refractivity contribution in [3.8, 4) is 12.3 Å². The molecular weight excluding hydrogens is 108 g/mol. The summed E-state index contributed by atoms with van der Waals surface area (Å²) >= 11 is 0. The quantitative estimate of drug-likeness (QED) is 0.390. The molecule has 0 N–H and O–H groups in total. The number of rotatable bonds is 2. The molecule has 0 unspecified atom stereocenters. The van der Waals surface area contributed by atoms with Crippen LogP contribution in [0.3, 0.4) is 0 Å². The Labute approximate surface area is 58.0 Å². The Hall–Kier alpha value is -0.700. The Bertz CT molecular complexity index is 133. The molecule has 0 saturated heterocycles. The topological polar surface area (TPSA) is 0 Å². The van der Waals surface area contributed by atoms with Crippen molar-refractivity contribution in [3.63, 3.8) is 0 Å². The zero-order valence-corrected chi connectivity index (χ0v) is 6.44. The summed E-state index contributed by atoms with van der Waals surface area (Å²) in [6.07, 6.45) is 10.5. The molecule has 0 aliphatic carbocycles. The summed E-state index contributed by atoms with van der Waals surface area (Å²) in [4.78, 5) is 0. The Kier molecular flexibility index (Phi) is 3.09. The zero-order valence-electron chi connectivity index (χ0n) is 6.44. The van der Waals surface area contributed by atoms with E-state index in [9.17, 15) is 0 Å². The highest BCUT2D eigenvalue weighted by Crippen LogP contribution is 2.14. The fourth-order valence-corrected chi connectivity index (χ4v) is 0.461. The number of allylic oxidation sites excluding steroid dienone is 2. The summed E-state index contributed by atoms with van der Waals surface area (Å²) in [5.41, 5.74) is -0.0595. The number of hydrogen-bond donors (Lipinski definition) is 0. The third-order valence-corrected chi connectivity index (χ3v) is 1.14. The highest BCUT2D eigenvalue weighted by Gasteiger charge is 2.06. The fourth-order valence-electron chi connectivity index (χ4n) is 0.461. The Balaban J connectivity index is 3.90. The highest BCUT2D eigenvalue weighted by molar-refractivity contribution is 5.12. The van der Waals surface area contributed by atoms with Gasteiger partial charge in [-0.05, 0) is 20.3 Å². The monoisotopic (exact) mass is 122 g/mol. The van der Waals surface area contributed by atoms with E-state index < -0.39 is 0 Å². The van der Waals surface area contributed by atoms with E-state index in [1.165, 1.54) is 0 Å². The van der Waals surface area contributed by atoms with Crippen LogP contribution in [-0.2, 0) is 0 Å². The fraction of sp³-hybridized carbons (Fsp3) is 0.556. The second-order valence-corrected chi connectivity index (χ2v) is 2.68. The molecule has 0 rings (SSSR count). The van der Waals surface area contributed by atoms with Gasteiger partial charge in [-0.2, -0.15) is 0 Å². The van der Waals surface area contributed by atoms with Crippen LogP contribution in [0.2, 0.25) is 0 Å². The van der Waals surface area contributed by atoms with Gasteiger partial charge in [-0.25, -0.2) is 0 Å². The van der Waals surface area contributed by atoms with Crippen molar-refractivity contribution >= 4 is 0 Å². The van der Waals surface area contributed by atoms with Crippen LogP contribution in [0.25, 0.3) is 0 Å². The van der Waals surface area contributed by atoms with E-state index in [2.05, 4.69) is 25.0 Å². The predicted molar refractivity (Wildman–Crippen MR) is 42.0 cm³/mol. The maximum atomic E-state index is 5.25. The van der Waals surface area contributed by atoms with E-state index in [1.54, 1.807) is 0 Å². The Morgan fingerprint density at radius 2 is 2.11 bits per heavy atom. The minimum absolute atomic E-state index is 0.0595. The van der Waals surface area contributed by atoms with Gasteiger partial charge >= 0.3 is 0 Å². The zero-order chi connectivity index (χ0) is 7.33. The molecule has 0 bridgehead atoms. The van der Waals surface area contributed by atoms with Crippen LogP contribution >= 0.6 is 0 Å². The van der Waals surface area contributed by atoms with Crippen molar-refractivity contribution in [1.29, 1.82) is 0 Å². The first-order valence-corrected chi connectivity index (χ1v) is 3.28. The molecule has 0 aromatic carbocycles. The van der Waals surface area contributed by atoms with Crippen LogP contribution in [0.5, 0.6) is 0 Å². The van der Waals surface area contributed by atoms with Crippen LogP contribution in [0.1, 0.15) is 27.2 Å². The third-order valence-electron chi connectivity index (χ3n) is 1.14. The van der Waals surface area contributed by atoms with Crippen molar-refractivity contribution < 1.29 is 0 Å². The van der Waals surface area contributed by atoms with Gasteiger partial charge in [0.1, 0.15) is 0 Å². The standard InChI is InChI=1S/C9H14/c1-5-7-8-9(3,4)6-2/h2,7-8H,5H2,1,3-4H3/b8-7-. The highest BCUT2D eigenvalue weighted by atomic mass is 14.1. The largest absolute Gasteiger partial charge is 0.119 e. The van der Waals surface area contributed by atoms with Gasteiger partial charge in [0.25, 0.3) is 0 Å². The summed E-state index contributed by atoms with van der Waals surface area (Å²) in [5, 5.41) is 0. The van der Waals surface area contributed by atoms with Gasteiger partial charge < -0.3 is 0 Å². The van der Waals surface area contributed by atoms with Gasteiger partial charge in [-0.15, -0.1) is 6.42 Å². The van der Waals surface area contributed by atoms with Gasteiger partial charge in [0.15, 0.2) is 0 Å². The van der Waals surface area contributed by atoms with E-state index in [-0.39, 0.29) is 5.41 Å². The summed E-state index contributed by atoms with van der Waals surface area (Å²) in [6, 6.07) is 0. The summed E-state index contributed by atoms with van der Waals surface area (Å²) in [6.45, 7) is 6.15. The Morgan fingerprint density at radius 3 is 2.44 bits per heavy atom. The van der Waals surface area contributed by atoms with Gasteiger partial charge in [-0.3, -0.25) is 0 Å². The molecule has 0 nitrogen and oxygen atoms in total. The van der Waals surface area contributed by atoms with Crippen molar-refractivity contribution in [1.82, 2.24) is 0 Å². The summed E-state index contributed by atoms with van der Waals surface area (Å²) < 4.78 is 0. The molecule has 0 heteroatoms. The summed E-state index contributed by atoms with van der Waals surface area (Å²) in [5.74, 6) is 2.69. The second-order valence-electron chi connectivity index (χ2n) is 2.68. The minimum Gasteiger partial charge on any atom is -0.119 e. The molecule has 50 valence electrons. The first-order chi connectivity index (χ1) is 4.12. The molecule has 0 aromatic rings. The van der Waals surface area contributed by atoms with E-state index >= 15 is 0 Å². The lowest BCUT2D eigenvalue weighted by Gasteiger charge is -2.09. The minimum atomic E-state index is -0.0595. The molecule has 0 fully saturated rings. The van der Waals surface area contributed by atoms with Gasteiger partial charge in [0.05, 0.1) is 0 Å². The molecule has 0 saturated carbocycles.